The minimum Gasteiger partial charge on any atom is -0.480 e. The quantitative estimate of drug-likeness (QED) is 0.871. The highest BCUT2D eigenvalue weighted by molar-refractivity contribution is 5.49. The van der Waals surface area contributed by atoms with Crippen molar-refractivity contribution in [2.75, 3.05) is 18.6 Å². The Morgan fingerprint density at radius 2 is 1.81 bits per heavy atom. The van der Waals surface area contributed by atoms with Crippen LogP contribution in [0.15, 0.2) is 6.20 Å². The van der Waals surface area contributed by atoms with Gasteiger partial charge in [0.15, 0.2) is 11.6 Å². The van der Waals surface area contributed by atoms with Gasteiger partial charge >= 0.3 is 0 Å². The molecule has 21 heavy (non-hydrogen) atoms. The molecule has 0 radical (unpaired) electrons. The smallest absolute Gasteiger partial charge is 0.242 e. The summed E-state index contributed by atoms with van der Waals surface area (Å²) in [6.07, 6.45) is 1.41. The summed E-state index contributed by atoms with van der Waals surface area (Å²) in [5.41, 5.74) is 12.5. The Morgan fingerprint density at radius 3 is 2.38 bits per heavy atom. The van der Waals surface area contributed by atoms with Crippen molar-refractivity contribution in [1.29, 1.82) is 0 Å². The van der Waals surface area contributed by atoms with Gasteiger partial charge in [0.05, 0.1) is 13.3 Å². The molecule has 0 amide bonds. The van der Waals surface area contributed by atoms with E-state index in [1.165, 1.54) is 6.20 Å². The molecule has 0 unspecified atom stereocenters. The zero-order valence-corrected chi connectivity index (χ0v) is 12.4. The highest BCUT2D eigenvalue weighted by atomic mass is 16.5. The Labute approximate surface area is 122 Å². The average molecular weight is 290 g/mol. The average Bonchev–Trinajstić information content (AvgIpc) is 2.41. The number of methoxy groups -OCH3 is 1. The molecule has 0 aliphatic carbocycles. The Hall–Kier alpha value is -2.64. The summed E-state index contributed by atoms with van der Waals surface area (Å²) in [5, 5.41) is 0. The predicted octanol–water partition coefficient (Wildman–Crippen LogP) is 1.66. The molecule has 0 atom stereocenters. The number of hydrogen-bond donors (Lipinski definition) is 2. The molecule has 0 saturated heterocycles. The van der Waals surface area contributed by atoms with Crippen LogP contribution < -0.4 is 20.9 Å². The van der Waals surface area contributed by atoms with Crippen molar-refractivity contribution >= 4 is 11.8 Å². The molecule has 2 heterocycles. The van der Waals surface area contributed by atoms with E-state index in [-0.39, 0.29) is 23.4 Å². The van der Waals surface area contributed by atoms with Crippen LogP contribution in [0.25, 0.3) is 0 Å². The van der Waals surface area contributed by atoms with Crippen LogP contribution >= 0.6 is 0 Å². The standard InChI is InChI=1S/C13H18N6O2/c1-6(2)9-12(17-7(3)11(18-9)20-4)21-8-5-16-13(15)19-10(8)14/h5-6H,1-4H3,(H4,14,15,16,19). The van der Waals surface area contributed by atoms with E-state index < -0.39 is 0 Å². The third-order valence-corrected chi connectivity index (χ3v) is 2.77. The Kier molecular flexibility index (Phi) is 4.06. The van der Waals surface area contributed by atoms with Crippen LogP contribution in [-0.4, -0.2) is 27.0 Å². The molecule has 0 bridgehead atoms. The molecule has 0 aromatic carbocycles. The minimum absolute atomic E-state index is 0.0842. The van der Waals surface area contributed by atoms with Crippen molar-refractivity contribution in [3.63, 3.8) is 0 Å². The Morgan fingerprint density at radius 1 is 1.10 bits per heavy atom. The topological polar surface area (TPSA) is 122 Å². The first-order valence-corrected chi connectivity index (χ1v) is 6.40. The fourth-order valence-electron chi connectivity index (χ4n) is 1.72. The van der Waals surface area contributed by atoms with Gasteiger partial charge in [0.1, 0.15) is 11.4 Å². The number of ether oxygens (including phenoxy) is 2. The minimum atomic E-state index is 0.0842. The van der Waals surface area contributed by atoms with Crippen LogP contribution in [0.1, 0.15) is 31.2 Å². The second kappa shape index (κ2) is 5.78. The molecule has 2 aromatic heterocycles. The molecule has 0 fully saturated rings. The van der Waals surface area contributed by atoms with Gasteiger partial charge in [-0.25, -0.2) is 15.0 Å². The van der Waals surface area contributed by atoms with Crippen LogP contribution in [0, 0.1) is 6.92 Å². The van der Waals surface area contributed by atoms with E-state index in [4.69, 9.17) is 20.9 Å². The van der Waals surface area contributed by atoms with Crippen molar-refractivity contribution < 1.29 is 9.47 Å². The lowest BCUT2D eigenvalue weighted by molar-refractivity contribution is 0.379. The maximum absolute atomic E-state index is 5.76. The van der Waals surface area contributed by atoms with E-state index in [1.54, 1.807) is 14.0 Å². The first-order chi connectivity index (χ1) is 9.92. The summed E-state index contributed by atoms with van der Waals surface area (Å²) in [5.74, 6) is 1.42. The van der Waals surface area contributed by atoms with Gasteiger partial charge in [0, 0.05) is 5.92 Å². The number of nitrogens with zero attached hydrogens (tertiary/aromatic N) is 4. The number of aryl methyl sites for hydroxylation is 1. The van der Waals surface area contributed by atoms with Crippen LogP contribution in [0.5, 0.6) is 17.5 Å². The fraction of sp³-hybridized carbons (Fsp3) is 0.385. The summed E-state index contributed by atoms with van der Waals surface area (Å²) in [6.45, 7) is 5.74. The molecule has 0 aliphatic rings. The number of hydrogen-bond acceptors (Lipinski definition) is 8. The van der Waals surface area contributed by atoms with Gasteiger partial charge in [-0.3, -0.25) is 0 Å². The van der Waals surface area contributed by atoms with Crippen molar-refractivity contribution in [1.82, 2.24) is 19.9 Å². The van der Waals surface area contributed by atoms with Gasteiger partial charge in [-0.15, -0.1) is 0 Å². The van der Waals surface area contributed by atoms with E-state index in [0.717, 1.165) is 0 Å². The van der Waals surface area contributed by atoms with Crippen molar-refractivity contribution in [3.05, 3.63) is 17.6 Å². The second-order valence-corrected chi connectivity index (χ2v) is 4.74. The number of rotatable bonds is 4. The lowest BCUT2D eigenvalue weighted by atomic mass is 10.1. The van der Waals surface area contributed by atoms with E-state index in [0.29, 0.717) is 23.1 Å². The van der Waals surface area contributed by atoms with Crippen molar-refractivity contribution in [3.8, 4) is 17.5 Å². The second-order valence-electron chi connectivity index (χ2n) is 4.74. The van der Waals surface area contributed by atoms with Crippen molar-refractivity contribution in [2.45, 2.75) is 26.7 Å². The molecule has 2 aromatic rings. The maximum atomic E-state index is 5.76. The summed E-state index contributed by atoms with van der Waals surface area (Å²) in [6, 6.07) is 0. The van der Waals surface area contributed by atoms with Crippen LogP contribution in [-0.2, 0) is 0 Å². The molecule has 2 rings (SSSR count). The third-order valence-electron chi connectivity index (χ3n) is 2.77. The van der Waals surface area contributed by atoms with Gasteiger partial charge in [-0.2, -0.15) is 4.98 Å². The van der Waals surface area contributed by atoms with Gasteiger partial charge in [-0.05, 0) is 6.92 Å². The molecule has 112 valence electrons. The Balaban J connectivity index is 2.45. The molecular weight excluding hydrogens is 272 g/mol. The lowest BCUT2D eigenvalue weighted by Crippen LogP contribution is -2.07. The fourth-order valence-corrected chi connectivity index (χ4v) is 1.72. The number of aromatic nitrogens is 4. The van der Waals surface area contributed by atoms with Crippen LogP contribution in [0.2, 0.25) is 0 Å². The van der Waals surface area contributed by atoms with Gasteiger partial charge < -0.3 is 20.9 Å². The summed E-state index contributed by atoms with van der Waals surface area (Å²) >= 11 is 0. The molecule has 0 saturated carbocycles. The van der Waals surface area contributed by atoms with E-state index in [1.807, 2.05) is 13.8 Å². The van der Waals surface area contributed by atoms with Gasteiger partial charge in [0.2, 0.25) is 17.7 Å². The number of anilines is 2. The highest BCUT2D eigenvalue weighted by Crippen LogP contribution is 2.31. The number of nitrogens with two attached hydrogens (primary N) is 2. The zero-order chi connectivity index (χ0) is 15.6. The normalized spacial score (nSPS) is 10.7. The molecule has 0 spiro atoms. The van der Waals surface area contributed by atoms with Crippen molar-refractivity contribution in [2.24, 2.45) is 0 Å². The maximum Gasteiger partial charge on any atom is 0.242 e. The molecule has 0 aliphatic heterocycles. The van der Waals surface area contributed by atoms with E-state index in [2.05, 4.69) is 19.9 Å². The molecule has 4 N–H and O–H groups in total. The van der Waals surface area contributed by atoms with E-state index >= 15 is 0 Å². The summed E-state index contributed by atoms with van der Waals surface area (Å²) < 4.78 is 10.9. The highest BCUT2D eigenvalue weighted by Gasteiger charge is 2.18. The van der Waals surface area contributed by atoms with Crippen LogP contribution in [0.4, 0.5) is 11.8 Å². The molecule has 8 heteroatoms. The predicted molar refractivity (Wildman–Crippen MR) is 78.3 cm³/mol. The van der Waals surface area contributed by atoms with Gasteiger partial charge in [0.25, 0.3) is 0 Å². The monoisotopic (exact) mass is 290 g/mol. The Bertz CT molecular complexity index is 659. The zero-order valence-electron chi connectivity index (χ0n) is 12.4. The third kappa shape index (κ3) is 3.10. The summed E-state index contributed by atoms with van der Waals surface area (Å²) in [4.78, 5) is 16.5. The first-order valence-electron chi connectivity index (χ1n) is 6.40. The number of nitrogen functional groups attached to an aromatic ring is 2. The molecular formula is C13H18N6O2. The van der Waals surface area contributed by atoms with Gasteiger partial charge in [-0.1, -0.05) is 13.8 Å². The lowest BCUT2D eigenvalue weighted by Gasteiger charge is -2.14. The van der Waals surface area contributed by atoms with Crippen LogP contribution in [0.3, 0.4) is 0 Å². The largest absolute Gasteiger partial charge is 0.480 e. The molecule has 8 nitrogen and oxygen atoms in total. The summed E-state index contributed by atoms with van der Waals surface area (Å²) in [7, 11) is 1.55. The SMILES string of the molecule is COc1nc(C(C)C)c(Oc2cnc(N)nc2N)nc1C. The van der Waals surface area contributed by atoms with E-state index in [9.17, 15) is 0 Å². The first kappa shape index (κ1) is 14.8.